The Morgan fingerprint density at radius 2 is 1.77 bits per heavy atom. The third-order valence-corrected chi connectivity index (χ3v) is 7.06. The third kappa shape index (κ3) is 4.90. The van der Waals surface area contributed by atoms with E-state index in [0.29, 0.717) is 10.0 Å². The number of carbonyl (C=O) groups is 1. The molecule has 2 aliphatic rings. The van der Waals surface area contributed by atoms with E-state index in [0.717, 1.165) is 53.3 Å². The van der Waals surface area contributed by atoms with Gasteiger partial charge in [0.2, 0.25) is 5.91 Å². The number of thioether (sulfide) groups is 1. The normalized spacial score (nSPS) is 17.6. The molecular weight excluding hydrogens is 437 g/mol. The standard InChI is InChI=1S/C23H23Cl2N3OS/c1-15-5-8-17(9-6-15)26-20(29)14-30-22-21(16-7-10-18(24)19(25)13-16)27-23(28-22)11-3-2-4-12-23/h5-10,13H,2-4,11-12,14H2,1H3,(H,26,29). The molecule has 2 aromatic rings. The molecule has 0 unspecified atom stereocenters. The van der Waals surface area contributed by atoms with Crippen molar-refractivity contribution in [1.82, 2.24) is 0 Å². The van der Waals surface area contributed by atoms with E-state index in [1.165, 1.54) is 18.2 Å². The van der Waals surface area contributed by atoms with Gasteiger partial charge in [-0.2, -0.15) is 0 Å². The van der Waals surface area contributed by atoms with Gasteiger partial charge >= 0.3 is 0 Å². The van der Waals surface area contributed by atoms with Gasteiger partial charge in [0.15, 0.2) is 5.66 Å². The number of carbonyl (C=O) groups excluding carboxylic acids is 1. The molecule has 1 spiro atoms. The SMILES string of the molecule is Cc1ccc(NC(=O)CSC2=NC3(CCCCC3)N=C2c2ccc(Cl)c(Cl)c2)cc1. The van der Waals surface area contributed by atoms with Gasteiger partial charge in [-0.25, -0.2) is 4.99 Å². The summed E-state index contributed by atoms with van der Waals surface area (Å²) in [5.74, 6) is 0.202. The van der Waals surface area contributed by atoms with Gasteiger partial charge in [-0.15, -0.1) is 0 Å². The van der Waals surface area contributed by atoms with Gasteiger partial charge in [0.1, 0.15) is 5.04 Å². The maximum absolute atomic E-state index is 12.5. The zero-order valence-electron chi connectivity index (χ0n) is 16.8. The molecule has 4 rings (SSSR count). The van der Waals surface area contributed by atoms with Crippen molar-refractivity contribution in [3.05, 3.63) is 63.6 Å². The zero-order valence-corrected chi connectivity index (χ0v) is 19.1. The molecule has 1 aliphatic heterocycles. The number of nitrogens with one attached hydrogen (secondary N) is 1. The minimum Gasteiger partial charge on any atom is -0.325 e. The second-order valence-electron chi connectivity index (χ2n) is 7.75. The molecule has 30 heavy (non-hydrogen) atoms. The van der Waals surface area contributed by atoms with E-state index >= 15 is 0 Å². The summed E-state index contributed by atoms with van der Waals surface area (Å²) in [5, 5.41) is 4.74. The maximum Gasteiger partial charge on any atom is 0.234 e. The second-order valence-corrected chi connectivity index (χ2v) is 9.53. The fraction of sp³-hybridized carbons (Fsp3) is 0.348. The van der Waals surface area contributed by atoms with Crippen molar-refractivity contribution in [3.63, 3.8) is 0 Å². The fourth-order valence-corrected chi connectivity index (χ4v) is 4.94. The average Bonchev–Trinajstić information content (AvgIpc) is 3.08. The first-order chi connectivity index (χ1) is 14.4. The van der Waals surface area contributed by atoms with E-state index in [1.807, 2.05) is 43.3 Å². The van der Waals surface area contributed by atoms with Crippen LogP contribution in [0.1, 0.15) is 43.2 Å². The molecule has 2 aromatic carbocycles. The monoisotopic (exact) mass is 459 g/mol. The summed E-state index contributed by atoms with van der Waals surface area (Å²) in [6.07, 6.45) is 5.34. The van der Waals surface area contributed by atoms with E-state index in [-0.39, 0.29) is 11.7 Å². The Balaban J connectivity index is 1.52. The summed E-state index contributed by atoms with van der Waals surface area (Å²) < 4.78 is 0. The highest BCUT2D eigenvalue weighted by molar-refractivity contribution is 8.16. The molecule has 0 saturated heterocycles. The Hall–Kier alpha value is -1.82. The first-order valence-corrected chi connectivity index (χ1v) is 11.8. The van der Waals surface area contributed by atoms with Crippen molar-refractivity contribution in [2.45, 2.75) is 44.7 Å². The van der Waals surface area contributed by atoms with Gasteiger partial charge in [-0.05, 0) is 56.9 Å². The maximum atomic E-state index is 12.5. The van der Waals surface area contributed by atoms with Crippen molar-refractivity contribution in [2.75, 3.05) is 11.1 Å². The van der Waals surface area contributed by atoms with Crippen LogP contribution in [0.4, 0.5) is 5.69 Å². The van der Waals surface area contributed by atoms with Gasteiger partial charge in [0.25, 0.3) is 0 Å². The summed E-state index contributed by atoms with van der Waals surface area (Å²) in [7, 11) is 0. The molecule has 1 N–H and O–H groups in total. The van der Waals surface area contributed by atoms with Crippen LogP contribution in [0, 0.1) is 6.92 Å². The van der Waals surface area contributed by atoms with E-state index in [1.54, 1.807) is 6.07 Å². The lowest BCUT2D eigenvalue weighted by molar-refractivity contribution is -0.113. The van der Waals surface area contributed by atoms with Crippen molar-refractivity contribution >= 4 is 57.3 Å². The number of benzene rings is 2. The van der Waals surface area contributed by atoms with Crippen LogP contribution in [-0.4, -0.2) is 28.1 Å². The minimum absolute atomic E-state index is 0.0652. The van der Waals surface area contributed by atoms with Crippen LogP contribution in [0.5, 0.6) is 0 Å². The number of nitrogens with zero attached hydrogens (tertiary/aromatic N) is 2. The molecule has 0 bridgehead atoms. The Morgan fingerprint density at radius 3 is 2.47 bits per heavy atom. The smallest absolute Gasteiger partial charge is 0.234 e. The molecule has 0 atom stereocenters. The highest BCUT2D eigenvalue weighted by Crippen LogP contribution is 2.39. The van der Waals surface area contributed by atoms with Crippen LogP contribution in [0.3, 0.4) is 0 Å². The summed E-state index contributed by atoms with van der Waals surface area (Å²) in [4.78, 5) is 22.5. The van der Waals surface area contributed by atoms with Crippen LogP contribution >= 0.6 is 35.0 Å². The minimum atomic E-state index is -0.393. The Labute approximate surface area is 191 Å². The van der Waals surface area contributed by atoms with Gasteiger partial charge in [0, 0.05) is 11.3 Å². The topological polar surface area (TPSA) is 53.8 Å². The molecule has 1 fully saturated rings. The Morgan fingerprint density at radius 1 is 1.03 bits per heavy atom. The summed E-state index contributed by atoms with van der Waals surface area (Å²) >= 11 is 13.8. The third-order valence-electron chi connectivity index (χ3n) is 5.35. The first kappa shape index (κ1) is 21.4. The van der Waals surface area contributed by atoms with Crippen molar-refractivity contribution in [1.29, 1.82) is 0 Å². The quantitative estimate of drug-likeness (QED) is 0.564. The molecule has 0 radical (unpaired) electrons. The molecule has 0 aromatic heterocycles. The number of aliphatic imine (C=N–C) groups is 2. The van der Waals surface area contributed by atoms with Gasteiger partial charge in [-0.3, -0.25) is 9.79 Å². The number of hydrogen-bond acceptors (Lipinski definition) is 4. The lowest BCUT2D eigenvalue weighted by atomic mass is 9.90. The van der Waals surface area contributed by atoms with Crippen LogP contribution in [0.2, 0.25) is 10.0 Å². The van der Waals surface area contributed by atoms with Crippen molar-refractivity contribution < 1.29 is 4.79 Å². The van der Waals surface area contributed by atoms with E-state index < -0.39 is 5.66 Å². The molecule has 1 amide bonds. The molecule has 7 heteroatoms. The predicted octanol–water partition coefficient (Wildman–Crippen LogP) is 6.54. The van der Waals surface area contributed by atoms with Crippen molar-refractivity contribution in [3.8, 4) is 0 Å². The lowest BCUT2D eigenvalue weighted by Gasteiger charge is -2.27. The number of amides is 1. The van der Waals surface area contributed by atoms with Gasteiger partial charge < -0.3 is 5.32 Å². The molecule has 1 heterocycles. The fourth-order valence-electron chi connectivity index (χ4n) is 3.76. The van der Waals surface area contributed by atoms with E-state index in [2.05, 4.69) is 5.32 Å². The van der Waals surface area contributed by atoms with Crippen LogP contribution in [0.15, 0.2) is 52.4 Å². The molecule has 156 valence electrons. The van der Waals surface area contributed by atoms with E-state index in [9.17, 15) is 4.79 Å². The predicted molar refractivity (Wildman–Crippen MR) is 129 cm³/mol. The molecule has 1 aliphatic carbocycles. The lowest BCUT2D eigenvalue weighted by Crippen LogP contribution is -2.25. The van der Waals surface area contributed by atoms with Crippen LogP contribution in [0.25, 0.3) is 0 Å². The van der Waals surface area contributed by atoms with Gasteiger partial charge in [0.05, 0.1) is 21.5 Å². The highest BCUT2D eigenvalue weighted by atomic mass is 35.5. The van der Waals surface area contributed by atoms with Crippen LogP contribution < -0.4 is 5.32 Å². The summed E-state index contributed by atoms with van der Waals surface area (Å²) in [6.45, 7) is 2.02. The van der Waals surface area contributed by atoms with E-state index in [4.69, 9.17) is 33.2 Å². The summed E-state index contributed by atoms with van der Waals surface area (Å²) in [6, 6.07) is 13.3. The molecule has 4 nitrogen and oxygen atoms in total. The van der Waals surface area contributed by atoms with Crippen molar-refractivity contribution in [2.24, 2.45) is 9.98 Å². The number of rotatable bonds is 4. The first-order valence-electron chi connectivity index (χ1n) is 10.1. The molecular formula is C23H23Cl2N3OS. The van der Waals surface area contributed by atoms with Crippen LogP contribution in [-0.2, 0) is 4.79 Å². The van der Waals surface area contributed by atoms with Gasteiger partial charge in [-0.1, -0.05) is 65.1 Å². The largest absolute Gasteiger partial charge is 0.325 e. The second kappa shape index (κ2) is 9.13. The Bertz CT molecular complexity index is 1010. The Kier molecular flexibility index (Phi) is 6.51. The molecule has 1 saturated carbocycles. The number of halogens is 2. The number of aryl methyl sites for hydroxylation is 1. The highest BCUT2D eigenvalue weighted by Gasteiger charge is 2.38. The average molecular weight is 460 g/mol. The zero-order chi connectivity index (χ0) is 21.1. The number of hydrogen-bond donors (Lipinski definition) is 1. The summed E-state index contributed by atoms with van der Waals surface area (Å²) in [5.41, 5.74) is 3.25. The number of anilines is 1.